The summed E-state index contributed by atoms with van der Waals surface area (Å²) in [5.41, 5.74) is 2.46. The second-order valence-corrected chi connectivity index (χ2v) is 5.90. The Hall–Kier alpha value is -0.0200. The summed E-state index contributed by atoms with van der Waals surface area (Å²) in [7, 11) is 1.99. The van der Waals surface area contributed by atoms with Crippen LogP contribution in [0.4, 0.5) is 0 Å². The lowest BCUT2D eigenvalue weighted by Gasteiger charge is -2.26. The Morgan fingerprint density at radius 3 is 2.50 bits per heavy atom. The Morgan fingerprint density at radius 1 is 1.50 bits per heavy atom. The zero-order valence-corrected chi connectivity index (χ0v) is 12.8. The first kappa shape index (κ1) is 14.0. The van der Waals surface area contributed by atoms with E-state index in [0.29, 0.717) is 5.88 Å². The third-order valence-corrected chi connectivity index (χ3v) is 4.71. The van der Waals surface area contributed by atoms with Crippen molar-refractivity contribution >= 4 is 27.5 Å². The van der Waals surface area contributed by atoms with Crippen LogP contribution in [-0.4, -0.2) is 15.7 Å². The highest BCUT2D eigenvalue weighted by molar-refractivity contribution is 9.10. The molecule has 0 spiro atoms. The van der Waals surface area contributed by atoms with Crippen molar-refractivity contribution in [1.29, 1.82) is 0 Å². The number of aryl methyl sites for hydroxylation is 2. The lowest BCUT2D eigenvalue weighted by molar-refractivity contribution is 0.326. The van der Waals surface area contributed by atoms with E-state index in [0.717, 1.165) is 29.4 Å². The lowest BCUT2D eigenvalue weighted by Crippen LogP contribution is -2.23. The van der Waals surface area contributed by atoms with Crippen LogP contribution in [0.25, 0.3) is 0 Å². The molecule has 0 radical (unpaired) electrons. The van der Waals surface area contributed by atoms with E-state index < -0.39 is 0 Å². The van der Waals surface area contributed by atoms with Crippen LogP contribution in [0.1, 0.15) is 38.1 Å². The molecular formula is C12H20BrClN2. The van der Waals surface area contributed by atoms with Crippen LogP contribution in [-0.2, 0) is 13.5 Å². The van der Waals surface area contributed by atoms with Gasteiger partial charge in [0, 0.05) is 12.9 Å². The van der Waals surface area contributed by atoms with Gasteiger partial charge in [-0.3, -0.25) is 4.68 Å². The molecule has 0 aliphatic heterocycles. The Bertz CT molecular complexity index is 362. The summed E-state index contributed by atoms with van der Waals surface area (Å²) in [6.07, 6.45) is 3.28. The molecule has 0 N–H and O–H groups in total. The first-order valence-electron chi connectivity index (χ1n) is 5.67. The molecule has 1 rings (SSSR count). The van der Waals surface area contributed by atoms with Crippen LogP contribution < -0.4 is 0 Å². The molecule has 0 aromatic carbocycles. The molecule has 1 aromatic heterocycles. The fourth-order valence-corrected chi connectivity index (χ4v) is 2.79. The van der Waals surface area contributed by atoms with E-state index in [-0.39, 0.29) is 5.41 Å². The van der Waals surface area contributed by atoms with Crippen LogP contribution in [0.2, 0.25) is 0 Å². The fraction of sp³-hybridized carbons (Fsp3) is 0.750. The van der Waals surface area contributed by atoms with Crippen molar-refractivity contribution in [3.8, 4) is 0 Å². The molecule has 1 heterocycles. The third-order valence-electron chi connectivity index (χ3n) is 3.03. The van der Waals surface area contributed by atoms with E-state index in [4.69, 9.17) is 11.6 Å². The summed E-state index contributed by atoms with van der Waals surface area (Å²) >= 11 is 9.71. The minimum atomic E-state index is 0.166. The molecule has 0 aliphatic rings. The smallest absolute Gasteiger partial charge is 0.0738 e. The lowest BCUT2D eigenvalue weighted by atomic mass is 9.83. The Balaban J connectivity index is 2.93. The van der Waals surface area contributed by atoms with Crippen LogP contribution in [0.5, 0.6) is 0 Å². The standard InChI is InChI=1S/C12H20BrClN2/c1-5-6-12(3,8-14)7-10-11(13)9(2)15-16(10)4/h5-8H2,1-4H3. The Morgan fingerprint density at radius 2 is 2.12 bits per heavy atom. The summed E-state index contributed by atoms with van der Waals surface area (Å²) in [5, 5.41) is 4.42. The number of hydrogen-bond donors (Lipinski definition) is 0. The van der Waals surface area contributed by atoms with Gasteiger partial charge in [-0.05, 0) is 41.1 Å². The molecule has 1 atom stereocenters. The minimum Gasteiger partial charge on any atom is -0.271 e. The average Bonchev–Trinajstić information content (AvgIpc) is 2.46. The van der Waals surface area contributed by atoms with Crippen molar-refractivity contribution in [3.05, 3.63) is 15.9 Å². The molecular weight excluding hydrogens is 288 g/mol. The summed E-state index contributed by atoms with van der Waals surface area (Å²) in [5.74, 6) is 0.692. The molecule has 4 heteroatoms. The number of nitrogens with zero attached hydrogens (tertiary/aromatic N) is 2. The molecule has 0 saturated carbocycles. The van der Waals surface area contributed by atoms with E-state index in [1.165, 1.54) is 5.69 Å². The van der Waals surface area contributed by atoms with E-state index >= 15 is 0 Å². The molecule has 2 nitrogen and oxygen atoms in total. The molecule has 0 fully saturated rings. The maximum Gasteiger partial charge on any atom is 0.0738 e. The van der Waals surface area contributed by atoms with E-state index in [1.54, 1.807) is 0 Å². The molecule has 0 amide bonds. The zero-order valence-electron chi connectivity index (χ0n) is 10.5. The quantitative estimate of drug-likeness (QED) is 0.750. The Labute approximate surface area is 111 Å². The first-order chi connectivity index (χ1) is 7.43. The maximum absolute atomic E-state index is 6.10. The van der Waals surface area contributed by atoms with Gasteiger partial charge in [-0.25, -0.2) is 0 Å². The van der Waals surface area contributed by atoms with Gasteiger partial charge in [0.2, 0.25) is 0 Å². The normalized spacial score (nSPS) is 15.1. The van der Waals surface area contributed by atoms with Crippen molar-refractivity contribution in [2.75, 3.05) is 5.88 Å². The van der Waals surface area contributed by atoms with Crippen molar-refractivity contribution in [2.24, 2.45) is 12.5 Å². The molecule has 16 heavy (non-hydrogen) atoms. The molecule has 0 aliphatic carbocycles. The van der Waals surface area contributed by atoms with Gasteiger partial charge >= 0.3 is 0 Å². The molecule has 1 unspecified atom stereocenters. The number of hydrogen-bond acceptors (Lipinski definition) is 1. The van der Waals surface area contributed by atoms with E-state index in [2.05, 4.69) is 34.9 Å². The summed E-state index contributed by atoms with van der Waals surface area (Å²) < 4.78 is 3.09. The topological polar surface area (TPSA) is 17.8 Å². The highest BCUT2D eigenvalue weighted by Crippen LogP contribution is 2.33. The second-order valence-electron chi connectivity index (χ2n) is 4.84. The van der Waals surface area contributed by atoms with Crippen molar-refractivity contribution in [2.45, 2.75) is 40.0 Å². The predicted molar refractivity (Wildman–Crippen MR) is 73.1 cm³/mol. The number of aromatic nitrogens is 2. The highest BCUT2D eigenvalue weighted by atomic mass is 79.9. The molecule has 92 valence electrons. The maximum atomic E-state index is 6.10. The van der Waals surface area contributed by atoms with E-state index in [9.17, 15) is 0 Å². The second kappa shape index (κ2) is 5.54. The monoisotopic (exact) mass is 306 g/mol. The van der Waals surface area contributed by atoms with Crippen LogP contribution in [0.15, 0.2) is 4.47 Å². The van der Waals surface area contributed by atoms with Gasteiger partial charge in [0.15, 0.2) is 0 Å². The summed E-state index contributed by atoms with van der Waals surface area (Å²) in [4.78, 5) is 0. The van der Waals surface area contributed by atoms with Crippen LogP contribution in [0, 0.1) is 12.3 Å². The molecule has 1 aromatic rings. The number of rotatable bonds is 5. The molecule has 0 saturated heterocycles. The summed E-state index contributed by atoms with van der Waals surface area (Å²) in [6.45, 7) is 6.47. The predicted octanol–water partition coefficient (Wildman–Crippen LogP) is 4.08. The first-order valence-corrected chi connectivity index (χ1v) is 7.00. The van der Waals surface area contributed by atoms with E-state index in [1.807, 2.05) is 18.7 Å². The molecule has 0 bridgehead atoms. The van der Waals surface area contributed by atoms with Gasteiger partial charge in [-0.15, -0.1) is 11.6 Å². The number of halogens is 2. The van der Waals surface area contributed by atoms with Gasteiger partial charge in [-0.2, -0.15) is 5.10 Å². The SMILES string of the molecule is CCCC(C)(CCl)Cc1c(Br)c(C)nn1C. The highest BCUT2D eigenvalue weighted by Gasteiger charge is 2.26. The fourth-order valence-electron chi connectivity index (χ4n) is 2.08. The minimum absolute atomic E-state index is 0.166. The zero-order chi connectivity index (χ0) is 12.3. The van der Waals surface area contributed by atoms with Gasteiger partial charge in [0.25, 0.3) is 0 Å². The van der Waals surface area contributed by atoms with Gasteiger partial charge in [0.1, 0.15) is 0 Å². The Kier molecular flexibility index (Phi) is 4.87. The largest absolute Gasteiger partial charge is 0.271 e. The number of alkyl halides is 1. The average molecular weight is 308 g/mol. The third kappa shape index (κ3) is 3.01. The van der Waals surface area contributed by atoms with Gasteiger partial charge < -0.3 is 0 Å². The van der Waals surface area contributed by atoms with Crippen LogP contribution in [0.3, 0.4) is 0 Å². The van der Waals surface area contributed by atoms with Crippen molar-refractivity contribution in [3.63, 3.8) is 0 Å². The van der Waals surface area contributed by atoms with Gasteiger partial charge in [0.05, 0.1) is 15.9 Å². The summed E-state index contributed by atoms with van der Waals surface area (Å²) in [6, 6.07) is 0. The van der Waals surface area contributed by atoms with Crippen molar-refractivity contribution in [1.82, 2.24) is 9.78 Å². The van der Waals surface area contributed by atoms with Crippen molar-refractivity contribution < 1.29 is 0 Å². The van der Waals surface area contributed by atoms with Crippen LogP contribution >= 0.6 is 27.5 Å². The van der Waals surface area contributed by atoms with Gasteiger partial charge in [-0.1, -0.05) is 20.3 Å².